The summed E-state index contributed by atoms with van der Waals surface area (Å²) in [5, 5.41) is 0.170. The van der Waals surface area contributed by atoms with Crippen LogP contribution < -0.4 is 0 Å². The van der Waals surface area contributed by atoms with Gasteiger partial charge in [-0.1, -0.05) is 44.8 Å². The number of carbonyl (C=O) groups is 1. The van der Waals surface area contributed by atoms with E-state index in [1.54, 1.807) is 16.7 Å². The van der Waals surface area contributed by atoms with Crippen LogP contribution in [0.25, 0.3) is 0 Å². The normalized spacial score (nSPS) is 18.8. The lowest BCUT2D eigenvalue weighted by Gasteiger charge is -2.38. The third kappa shape index (κ3) is 4.55. The highest BCUT2D eigenvalue weighted by molar-refractivity contribution is 8.23. The van der Waals surface area contributed by atoms with Crippen molar-refractivity contribution < 1.29 is 9.22 Å². The molecule has 1 unspecified atom stereocenters. The number of nitrogens with zero attached hydrogens (tertiary/aromatic N) is 1. The van der Waals surface area contributed by atoms with Crippen molar-refractivity contribution in [2.75, 3.05) is 12.3 Å². The van der Waals surface area contributed by atoms with Gasteiger partial charge in [0.05, 0.1) is 12.5 Å². The average molecular weight is 320 g/mol. The number of thiocarbonyl (C=S) groups is 1. The van der Waals surface area contributed by atoms with Crippen LogP contribution in [0.15, 0.2) is 0 Å². The fraction of sp³-hybridized carbons (Fsp3) is 0.846. The maximum atomic E-state index is 12.2. The van der Waals surface area contributed by atoms with E-state index in [2.05, 4.69) is 33.9 Å². The molecule has 0 saturated carbocycles. The van der Waals surface area contributed by atoms with E-state index in [-0.39, 0.29) is 17.0 Å². The smallest absolute Gasteiger partial charge is 0.230 e. The molecular weight excluding hydrogens is 294 g/mol. The van der Waals surface area contributed by atoms with Crippen LogP contribution in [0.3, 0.4) is 0 Å². The van der Waals surface area contributed by atoms with Crippen molar-refractivity contribution in [3.8, 4) is 0 Å². The van der Waals surface area contributed by atoms with Crippen molar-refractivity contribution >= 4 is 42.5 Å². The van der Waals surface area contributed by atoms with E-state index in [1.807, 2.05) is 6.92 Å². The Morgan fingerprint density at radius 3 is 2.53 bits per heavy atom. The van der Waals surface area contributed by atoms with Gasteiger partial charge >= 0.3 is 0 Å². The van der Waals surface area contributed by atoms with Gasteiger partial charge in [-0.15, -0.1) is 0 Å². The van der Waals surface area contributed by atoms with Crippen LogP contribution in [-0.2, 0) is 9.22 Å². The Labute approximate surface area is 127 Å². The summed E-state index contributed by atoms with van der Waals surface area (Å²) in [5.41, 5.74) is 0. The molecule has 0 N–H and O–H groups in total. The van der Waals surface area contributed by atoms with Gasteiger partial charge in [0.15, 0.2) is 8.32 Å². The van der Waals surface area contributed by atoms with Crippen molar-refractivity contribution in [3.05, 3.63) is 0 Å². The number of rotatable bonds is 4. The standard InChI is InChI=1S/C13H25NO2S2Si/c1-10(16-19(5,6)13(2,3)4)9-11(15)14-7-8-18-12(14)17/h10H,7-9H2,1-6H3. The number of thioether (sulfide) groups is 1. The van der Waals surface area contributed by atoms with Gasteiger partial charge in [0.2, 0.25) is 5.91 Å². The van der Waals surface area contributed by atoms with Crippen LogP contribution in [0.1, 0.15) is 34.1 Å². The zero-order valence-corrected chi connectivity index (χ0v) is 15.4. The van der Waals surface area contributed by atoms with Gasteiger partial charge in [0.25, 0.3) is 0 Å². The number of hydrogen-bond acceptors (Lipinski definition) is 4. The van der Waals surface area contributed by atoms with Crippen LogP contribution in [-0.4, -0.2) is 41.8 Å². The number of carbonyl (C=O) groups excluding carboxylic acids is 1. The highest BCUT2D eigenvalue weighted by Gasteiger charge is 2.39. The third-order valence-electron chi connectivity index (χ3n) is 3.83. The predicted octanol–water partition coefficient (Wildman–Crippen LogP) is 3.65. The number of amides is 1. The second-order valence-corrected chi connectivity index (χ2v) is 13.0. The van der Waals surface area contributed by atoms with Crippen LogP contribution in [0.4, 0.5) is 0 Å². The van der Waals surface area contributed by atoms with E-state index in [0.29, 0.717) is 10.7 Å². The summed E-state index contributed by atoms with van der Waals surface area (Å²) in [6, 6.07) is 0. The summed E-state index contributed by atoms with van der Waals surface area (Å²) in [7, 11) is -1.80. The summed E-state index contributed by atoms with van der Waals surface area (Å²) in [4.78, 5) is 13.9. The Hall–Kier alpha value is 0.0869. The van der Waals surface area contributed by atoms with E-state index in [4.69, 9.17) is 16.6 Å². The SMILES string of the molecule is CC(CC(=O)N1CCSC1=S)O[Si](C)(C)C(C)(C)C. The summed E-state index contributed by atoms with van der Waals surface area (Å²) in [6.45, 7) is 13.8. The Morgan fingerprint density at radius 1 is 1.53 bits per heavy atom. The maximum absolute atomic E-state index is 12.2. The quantitative estimate of drug-likeness (QED) is 0.584. The van der Waals surface area contributed by atoms with Crippen LogP contribution in [0.2, 0.25) is 18.1 Å². The molecule has 1 atom stereocenters. The van der Waals surface area contributed by atoms with Crippen molar-refractivity contribution in [1.82, 2.24) is 4.90 Å². The Bertz CT molecular complexity index is 366. The molecular formula is C13H25NO2S2Si. The number of hydrogen-bond donors (Lipinski definition) is 0. The Balaban J connectivity index is 2.54. The van der Waals surface area contributed by atoms with Gasteiger partial charge in [-0.3, -0.25) is 9.69 Å². The largest absolute Gasteiger partial charge is 0.414 e. The van der Waals surface area contributed by atoms with Crippen molar-refractivity contribution in [3.63, 3.8) is 0 Å². The minimum Gasteiger partial charge on any atom is -0.414 e. The summed E-state index contributed by atoms with van der Waals surface area (Å²) in [5.74, 6) is 1.02. The average Bonchev–Trinajstić information content (AvgIpc) is 2.61. The first-order valence-electron chi connectivity index (χ1n) is 6.69. The lowest BCUT2D eigenvalue weighted by atomic mass is 10.2. The fourth-order valence-electron chi connectivity index (χ4n) is 1.70. The summed E-state index contributed by atoms with van der Waals surface area (Å²) >= 11 is 6.76. The molecule has 1 aliphatic rings. The third-order valence-corrected chi connectivity index (χ3v) is 9.86. The molecule has 1 heterocycles. The van der Waals surface area contributed by atoms with E-state index < -0.39 is 8.32 Å². The minimum atomic E-state index is -1.80. The monoisotopic (exact) mass is 319 g/mol. The van der Waals surface area contributed by atoms with Crippen LogP contribution in [0, 0.1) is 0 Å². The molecule has 0 aromatic carbocycles. The van der Waals surface area contributed by atoms with Gasteiger partial charge in [0.1, 0.15) is 4.32 Å². The molecule has 1 amide bonds. The molecule has 1 aliphatic heterocycles. The van der Waals surface area contributed by atoms with Gasteiger partial charge in [-0.05, 0) is 25.1 Å². The summed E-state index contributed by atoms with van der Waals surface area (Å²) in [6.07, 6.45) is 0.384. The lowest BCUT2D eigenvalue weighted by molar-refractivity contribution is -0.128. The lowest BCUT2D eigenvalue weighted by Crippen LogP contribution is -2.44. The first-order chi connectivity index (χ1) is 8.54. The molecule has 3 nitrogen and oxygen atoms in total. The minimum absolute atomic E-state index is 0.0400. The van der Waals surface area contributed by atoms with Gasteiger partial charge in [-0.2, -0.15) is 0 Å². The van der Waals surface area contributed by atoms with Crippen molar-refractivity contribution in [1.29, 1.82) is 0 Å². The maximum Gasteiger partial charge on any atom is 0.230 e. The molecule has 0 aromatic heterocycles. The molecule has 1 rings (SSSR count). The molecule has 0 radical (unpaired) electrons. The molecule has 1 saturated heterocycles. The molecule has 1 fully saturated rings. The summed E-state index contributed by atoms with van der Waals surface area (Å²) < 4.78 is 6.92. The van der Waals surface area contributed by atoms with Crippen molar-refractivity contribution in [2.24, 2.45) is 0 Å². The predicted molar refractivity (Wildman–Crippen MR) is 89.1 cm³/mol. The second-order valence-electron chi connectivity index (χ2n) is 6.55. The molecule has 0 aliphatic carbocycles. The Morgan fingerprint density at radius 2 is 2.11 bits per heavy atom. The second kappa shape index (κ2) is 6.24. The fourth-order valence-corrected chi connectivity index (χ4v) is 4.38. The highest BCUT2D eigenvalue weighted by Crippen LogP contribution is 2.37. The molecule has 0 aromatic rings. The van der Waals surface area contributed by atoms with E-state index in [1.165, 1.54) is 0 Å². The molecule has 0 bridgehead atoms. The zero-order valence-electron chi connectivity index (χ0n) is 12.8. The van der Waals surface area contributed by atoms with Crippen LogP contribution in [0.5, 0.6) is 0 Å². The first-order valence-corrected chi connectivity index (χ1v) is 11.0. The van der Waals surface area contributed by atoms with Crippen molar-refractivity contribution in [2.45, 2.75) is 58.4 Å². The first kappa shape index (κ1) is 17.1. The molecule has 0 spiro atoms. The molecule has 6 heteroatoms. The molecule has 110 valence electrons. The van der Waals surface area contributed by atoms with E-state index in [0.717, 1.165) is 12.3 Å². The zero-order chi connectivity index (χ0) is 14.8. The van der Waals surface area contributed by atoms with Gasteiger partial charge < -0.3 is 4.43 Å². The Kier molecular flexibility index (Phi) is 5.63. The van der Waals surface area contributed by atoms with E-state index >= 15 is 0 Å². The highest BCUT2D eigenvalue weighted by atomic mass is 32.2. The molecule has 19 heavy (non-hydrogen) atoms. The van der Waals surface area contributed by atoms with Gasteiger partial charge in [-0.25, -0.2) is 0 Å². The topological polar surface area (TPSA) is 29.5 Å². The van der Waals surface area contributed by atoms with Crippen LogP contribution >= 0.6 is 24.0 Å². The van der Waals surface area contributed by atoms with Gasteiger partial charge in [0, 0.05) is 12.3 Å². The van der Waals surface area contributed by atoms with E-state index in [9.17, 15) is 4.79 Å².